The molecule has 0 bridgehead atoms. The lowest BCUT2D eigenvalue weighted by molar-refractivity contribution is -0.391. The lowest BCUT2D eigenvalue weighted by Gasteiger charge is -2.12. The third kappa shape index (κ3) is 3.51. The Kier molecular flexibility index (Phi) is 3.67. The van der Waals surface area contributed by atoms with Crippen LogP contribution in [0.25, 0.3) is 0 Å². The van der Waals surface area contributed by atoms with Crippen LogP contribution in [0.5, 0.6) is 5.75 Å². The van der Waals surface area contributed by atoms with Crippen molar-refractivity contribution in [3.8, 4) is 5.75 Å². The van der Waals surface area contributed by atoms with Crippen molar-refractivity contribution in [2.45, 2.75) is 18.2 Å². The molecular formula is C7H6F3N3O5S. The average Bonchev–Trinajstić information content (AvgIpc) is 2.16. The molecule has 0 saturated carbocycles. The van der Waals surface area contributed by atoms with E-state index in [4.69, 9.17) is 0 Å². The minimum atomic E-state index is -5.24. The van der Waals surface area contributed by atoms with Crippen molar-refractivity contribution in [1.82, 2.24) is 4.98 Å². The van der Waals surface area contributed by atoms with E-state index in [1.165, 1.54) is 0 Å². The molecule has 19 heavy (non-hydrogen) atoms. The van der Waals surface area contributed by atoms with E-state index < -0.39 is 43.3 Å². The maximum Gasteiger partial charge on any atom is 0.573 e. The Bertz CT molecular complexity index is 628. The first-order valence-corrected chi connectivity index (χ1v) is 5.90. The van der Waals surface area contributed by atoms with Gasteiger partial charge < -0.3 is 4.74 Å². The van der Waals surface area contributed by atoms with Gasteiger partial charge in [0.2, 0.25) is 15.8 Å². The Labute approximate surface area is 104 Å². The number of nitrogens with two attached hydrogens (primary N) is 1. The van der Waals surface area contributed by atoms with Crippen LogP contribution >= 0.6 is 0 Å². The summed E-state index contributed by atoms with van der Waals surface area (Å²) in [5.41, 5.74) is -1.91. The molecule has 1 heterocycles. The van der Waals surface area contributed by atoms with Gasteiger partial charge in [-0.1, -0.05) is 0 Å². The van der Waals surface area contributed by atoms with Gasteiger partial charge in [0.15, 0.2) is 4.90 Å². The molecule has 0 atom stereocenters. The van der Waals surface area contributed by atoms with Crippen molar-refractivity contribution < 1.29 is 31.2 Å². The molecular weight excluding hydrogens is 295 g/mol. The fraction of sp³-hybridized carbons (Fsp3) is 0.286. The van der Waals surface area contributed by atoms with Crippen molar-refractivity contribution in [2.24, 2.45) is 5.14 Å². The van der Waals surface area contributed by atoms with Crippen LogP contribution in [0.1, 0.15) is 5.69 Å². The number of aromatic nitrogens is 1. The van der Waals surface area contributed by atoms with Gasteiger partial charge in [0.25, 0.3) is 0 Å². The first-order valence-electron chi connectivity index (χ1n) is 4.36. The van der Waals surface area contributed by atoms with Gasteiger partial charge in [0, 0.05) is 0 Å². The maximum atomic E-state index is 12.1. The van der Waals surface area contributed by atoms with Crippen molar-refractivity contribution >= 4 is 15.7 Å². The number of hydrogen-bond acceptors (Lipinski definition) is 6. The van der Waals surface area contributed by atoms with Gasteiger partial charge in [-0.15, -0.1) is 13.2 Å². The minimum absolute atomic E-state index is 0.492. The van der Waals surface area contributed by atoms with Crippen molar-refractivity contribution in [3.05, 3.63) is 22.0 Å². The number of pyridine rings is 1. The molecule has 1 aromatic rings. The molecule has 1 aromatic heterocycles. The van der Waals surface area contributed by atoms with Gasteiger partial charge in [-0.2, -0.15) is 0 Å². The second-order valence-corrected chi connectivity index (χ2v) is 4.77. The van der Waals surface area contributed by atoms with E-state index in [0.29, 0.717) is 6.20 Å². The first-order chi connectivity index (χ1) is 8.43. The Morgan fingerprint density at radius 1 is 1.47 bits per heavy atom. The van der Waals surface area contributed by atoms with E-state index >= 15 is 0 Å². The zero-order valence-corrected chi connectivity index (χ0v) is 9.95. The topological polar surface area (TPSA) is 125 Å². The molecule has 1 rings (SSSR count). The van der Waals surface area contributed by atoms with Crippen LogP contribution in [0.2, 0.25) is 0 Å². The van der Waals surface area contributed by atoms with Gasteiger partial charge in [0.05, 0.1) is 16.8 Å². The van der Waals surface area contributed by atoms with Gasteiger partial charge in [-0.3, -0.25) is 15.1 Å². The molecule has 0 amide bonds. The van der Waals surface area contributed by atoms with E-state index in [1.54, 1.807) is 0 Å². The monoisotopic (exact) mass is 301 g/mol. The van der Waals surface area contributed by atoms with Crippen LogP contribution in [-0.4, -0.2) is 24.7 Å². The summed E-state index contributed by atoms with van der Waals surface area (Å²) in [4.78, 5) is 11.5. The molecule has 0 aromatic carbocycles. The summed E-state index contributed by atoms with van der Waals surface area (Å²) in [6, 6.07) is 0. The molecule has 0 spiro atoms. The van der Waals surface area contributed by atoms with Crippen molar-refractivity contribution in [3.63, 3.8) is 0 Å². The molecule has 0 unspecified atom stereocenters. The normalized spacial score (nSPS) is 12.3. The van der Waals surface area contributed by atoms with Crippen LogP contribution in [0, 0.1) is 17.0 Å². The zero-order chi connectivity index (χ0) is 15.0. The number of halogens is 3. The lowest BCUT2D eigenvalue weighted by atomic mass is 10.3. The van der Waals surface area contributed by atoms with Crippen LogP contribution in [0.3, 0.4) is 0 Å². The summed E-state index contributed by atoms with van der Waals surface area (Å²) in [7, 11) is -4.62. The van der Waals surface area contributed by atoms with Gasteiger partial charge in [-0.05, 0) is 6.92 Å². The highest BCUT2D eigenvalue weighted by Gasteiger charge is 2.39. The number of primary sulfonamides is 1. The van der Waals surface area contributed by atoms with Crippen LogP contribution in [0.15, 0.2) is 11.1 Å². The first kappa shape index (κ1) is 15.1. The van der Waals surface area contributed by atoms with Crippen LogP contribution < -0.4 is 9.88 Å². The predicted molar refractivity (Wildman–Crippen MR) is 53.7 cm³/mol. The molecule has 0 saturated heterocycles. The number of alkyl halides is 3. The molecule has 0 aliphatic rings. The number of hydrogen-bond donors (Lipinski definition) is 1. The third-order valence-electron chi connectivity index (χ3n) is 1.86. The fourth-order valence-corrected chi connectivity index (χ4v) is 1.81. The smallest absolute Gasteiger partial charge is 0.396 e. The predicted octanol–water partition coefficient (Wildman–Crippen LogP) is 0.844. The van der Waals surface area contributed by atoms with E-state index in [0.717, 1.165) is 6.92 Å². The Hall–Kier alpha value is -1.95. The summed E-state index contributed by atoms with van der Waals surface area (Å²) in [5.74, 6) is -1.32. The number of sulfonamides is 1. The second kappa shape index (κ2) is 4.62. The number of aryl methyl sites for hydroxylation is 1. The van der Waals surface area contributed by atoms with Crippen molar-refractivity contribution in [1.29, 1.82) is 0 Å². The molecule has 0 aliphatic heterocycles. The molecule has 0 aliphatic carbocycles. The molecule has 12 heteroatoms. The van der Waals surface area contributed by atoms with Crippen LogP contribution in [0.4, 0.5) is 18.9 Å². The van der Waals surface area contributed by atoms with Crippen LogP contribution in [-0.2, 0) is 10.0 Å². The zero-order valence-electron chi connectivity index (χ0n) is 9.13. The number of nitro groups is 1. The van der Waals surface area contributed by atoms with E-state index in [1.807, 2.05) is 0 Å². The largest absolute Gasteiger partial charge is 0.573 e. The molecule has 106 valence electrons. The van der Waals surface area contributed by atoms with E-state index in [-0.39, 0.29) is 0 Å². The van der Waals surface area contributed by atoms with Gasteiger partial charge in [0.1, 0.15) is 0 Å². The Morgan fingerprint density at radius 3 is 2.37 bits per heavy atom. The van der Waals surface area contributed by atoms with Gasteiger partial charge in [-0.25, -0.2) is 13.6 Å². The Morgan fingerprint density at radius 2 is 2.00 bits per heavy atom. The maximum absolute atomic E-state index is 12.1. The second-order valence-electron chi connectivity index (χ2n) is 3.24. The molecule has 0 fully saturated rings. The standard InChI is InChI=1S/C7H6F3N3O5S/c1-3-6(18-7(8,9)10)5(13(14)15)4(2-12-3)19(11,16)17/h2H,1H3,(H2,11,16,17). The number of nitrogens with zero attached hydrogens (tertiary/aromatic N) is 2. The highest BCUT2D eigenvalue weighted by Crippen LogP contribution is 2.38. The molecule has 2 N–H and O–H groups in total. The van der Waals surface area contributed by atoms with E-state index in [2.05, 4.69) is 14.9 Å². The van der Waals surface area contributed by atoms with E-state index in [9.17, 15) is 31.7 Å². The minimum Gasteiger partial charge on any atom is -0.396 e. The molecule has 0 radical (unpaired) electrons. The third-order valence-corrected chi connectivity index (χ3v) is 2.77. The highest BCUT2D eigenvalue weighted by atomic mass is 32.2. The quantitative estimate of drug-likeness (QED) is 0.651. The van der Waals surface area contributed by atoms with Crippen molar-refractivity contribution in [2.75, 3.05) is 0 Å². The number of ether oxygens (including phenoxy) is 1. The SMILES string of the molecule is Cc1ncc(S(N)(=O)=O)c([N+](=O)[O-])c1OC(F)(F)F. The Balaban J connectivity index is 3.66. The lowest BCUT2D eigenvalue weighted by Crippen LogP contribution is -2.21. The average molecular weight is 301 g/mol. The number of rotatable bonds is 3. The summed E-state index contributed by atoms with van der Waals surface area (Å²) < 4.78 is 62.0. The summed E-state index contributed by atoms with van der Waals surface area (Å²) in [5, 5.41) is 15.4. The summed E-state index contributed by atoms with van der Waals surface area (Å²) in [6.45, 7) is 0.987. The highest BCUT2D eigenvalue weighted by molar-refractivity contribution is 7.89. The van der Waals surface area contributed by atoms with Gasteiger partial charge >= 0.3 is 12.0 Å². The summed E-state index contributed by atoms with van der Waals surface area (Å²) in [6.07, 6.45) is -4.75. The fourth-order valence-electron chi connectivity index (χ4n) is 1.18. The molecule has 8 nitrogen and oxygen atoms in total. The summed E-state index contributed by atoms with van der Waals surface area (Å²) >= 11 is 0.